The maximum absolute atomic E-state index is 16.3. The highest BCUT2D eigenvalue weighted by Crippen LogP contribution is 2.50. The lowest BCUT2D eigenvalue weighted by Crippen LogP contribution is -2.60. The molecule has 1 unspecified atom stereocenters. The number of carboxylic acid groups (broad SMARTS) is 1. The zero-order chi connectivity index (χ0) is 59.7. The number of aromatic nitrogens is 1. The summed E-state index contributed by atoms with van der Waals surface area (Å²) in [6.45, 7) is 11.6. The minimum atomic E-state index is -2.19. The topological polar surface area (TPSA) is 316 Å². The number of aliphatic hydroxyl groups is 2. The molecule has 82 heavy (non-hydrogen) atoms. The van der Waals surface area contributed by atoms with E-state index in [0.29, 0.717) is 54.7 Å². The number of carbonyl (C=O) groups is 6. The molecule has 5 aliphatic heterocycles. The first-order chi connectivity index (χ1) is 38.7. The number of carboxylic acids is 1. The van der Waals surface area contributed by atoms with E-state index >= 15 is 14.0 Å². The van der Waals surface area contributed by atoms with Crippen molar-refractivity contribution in [2.75, 3.05) is 45.2 Å². The first-order valence-corrected chi connectivity index (χ1v) is 27.6. The first-order valence-electron chi connectivity index (χ1n) is 27.6. The van der Waals surface area contributed by atoms with Gasteiger partial charge in [0, 0.05) is 82.2 Å². The number of aliphatic hydroxyl groups excluding tert-OH is 2. The third-order valence-electron chi connectivity index (χ3n) is 17.5. The number of hydrogen-bond donors (Lipinski definition) is 7. The number of aromatic carboxylic acids is 1. The molecule has 3 fully saturated rings. The van der Waals surface area contributed by atoms with E-state index in [4.69, 9.17) is 30.4 Å². The van der Waals surface area contributed by atoms with E-state index in [9.17, 15) is 44.4 Å². The number of esters is 1. The number of anilines is 1. The Hall–Kier alpha value is -7.28. The van der Waals surface area contributed by atoms with Gasteiger partial charge in [-0.25, -0.2) is 9.18 Å². The van der Waals surface area contributed by atoms with Crippen molar-refractivity contribution in [3.05, 3.63) is 115 Å². The molecule has 10 rings (SSSR count). The van der Waals surface area contributed by atoms with Crippen LogP contribution in [0.4, 0.5) is 10.1 Å². The standard InChI is InChI=1S/C59H72FN7O15/c1-26-11-10-12-27(2)56(75)63-44-47(65-19-15-33(16-20-65)64(8)34-17-21-66(24-34)46-29(4)45-35(32-13-14-32)23-36(58(77)78)57(76)67(45)25-37(46)60)51(72)39-40(50(44)71)49(70)30(5)53-41(39)55(74)59(7,82-53)80-22-18-38(79-9)28(3)54(81-31(6)68)43(62)52(73)42(61)48(26)69/h10-12,18,22-23,25-26,28,32-34,38,42-43,48,52,54,69-70,73H,13-17,19-21,24,61-62H2,1-9H3,(H,63,75)(H,77,78)/b11-10+,22-18+,27-12-/t26-,28+,34?,38-,42+,43+,48-,52+,54+,59-/m0/s1. The van der Waals surface area contributed by atoms with E-state index in [1.807, 2.05) is 11.9 Å². The van der Waals surface area contributed by atoms with Crippen LogP contribution in [0.25, 0.3) is 5.52 Å². The summed E-state index contributed by atoms with van der Waals surface area (Å²) in [4.78, 5) is 103. The molecule has 7 aliphatic rings. The second kappa shape index (κ2) is 22.8. The molecule has 9 N–H and O–H groups in total. The summed E-state index contributed by atoms with van der Waals surface area (Å²) in [5.74, 6) is -10.8. The molecular weight excluding hydrogens is 1070 g/mol. The number of pyridine rings is 2. The third kappa shape index (κ3) is 10.5. The van der Waals surface area contributed by atoms with E-state index < -0.39 is 129 Å². The third-order valence-corrected chi connectivity index (χ3v) is 17.5. The van der Waals surface area contributed by atoms with Crippen LogP contribution in [0, 0.1) is 31.5 Å². The zero-order valence-corrected chi connectivity index (χ0v) is 47.4. The molecule has 2 saturated heterocycles. The lowest BCUT2D eigenvalue weighted by atomic mass is 9.82. The van der Waals surface area contributed by atoms with Crippen LogP contribution in [-0.4, -0.2) is 165 Å². The van der Waals surface area contributed by atoms with Gasteiger partial charge in [-0.1, -0.05) is 32.1 Å². The van der Waals surface area contributed by atoms with Crippen LogP contribution in [0.3, 0.4) is 0 Å². The smallest absolute Gasteiger partial charge is 0.341 e. The Labute approximate surface area is 472 Å². The Morgan fingerprint density at radius 2 is 1.55 bits per heavy atom. The van der Waals surface area contributed by atoms with E-state index in [1.165, 1.54) is 58.3 Å². The number of aryl methyl sites for hydroxylation is 1. The molecule has 0 radical (unpaired) electrons. The van der Waals surface area contributed by atoms with Crippen LogP contribution < -0.4 is 32.0 Å². The van der Waals surface area contributed by atoms with Crippen LogP contribution in [0.5, 0.6) is 11.5 Å². The number of hydrogen-bond acceptors (Lipinski definition) is 19. The zero-order valence-electron chi connectivity index (χ0n) is 47.4. The SMILES string of the molecule is CO[C@H]1/C=C/O[C@@]2(C)Oc3c(C)c(O)c4c(c3C2=O)C(=O)C(N2CCC(N(C)C3CCN(c5c(F)cn6c(=O)c(C(=O)O)cc(C7CC7)c6c5C)C3)CC2)=C(NC(=O)/C(C)=C\C=C\[C@H](C)[C@H](O)[C@@H](N)[C@@H](O)[C@@H](N)[C@H](OC(C)=O)[C@@H]1C)C4=O. The van der Waals surface area contributed by atoms with Crippen molar-refractivity contribution in [3.8, 4) is 11.5 Å². The predicted octanol–water partition coefficient (Wildman–Crippen LogP) is 3.65. The summed E-state index contributed by atoms with van der Waals surface area (Å²) in [5, 5.41) is 47.1. The Bertz CT molecular complexity index is 3360. The lowest BCUT2D eigenvalue weighted by Gasteiger charge is -2.41. The fourth-order valence-corrected chi connectivity index (χ4v) is 12.4. The molecule has 1 amide bonds. The number of phenols is 1. The number of halogens is 1. The lowest BCUT2D eigenvalue weighted by molar-refractivity contribution is -0.155. The summed E-state index contributed by atoms with van der Waals surface area (Å²) in [6, 6.07) is -1.44. The van der Waals surface area contributed by atoms with Gasteiger partial charge in [-0.15, -0.1) is 0 Å². The van der Waals surface area contributed by atoms with Crippen molar-refractivity contribution in [2.24, 2.45) is 23.3 Å². The number of ketones is 3. The number of benzene rings is 1. The number of amides is 1. The number of ether oxygens (including phenoxy) is 4. The summed E-state index contributed by atoms with van der Waals surface area (Å²) >= 11 is 0. The summed E-state index contributed by atoms with van der Waals surface area (Å²) < 4.78 is 40.9. The molecule has 2 aromatic heterocycles. The molecule has 10 atom stereocenters. The molecule has 440 valence electrons. The number of nitrogens with one attached hydrogen (secondary N) is 1. The molecule has 5 bridgehead atoms. The number of Topliss-reactive ketones (excluding diaryl/α,β-unsaturated/α-hetero) is 3. The van der Waals surface area contributed by atoms with Crippen LogP contribution in [0.1, 0.15) is 131 Å². The van der Waals surface area contributed by atoms with Gasteiger partial charge in [0.1, 0.15) is 34.6 Å². The maximum atomic E-state index is 16.3. The van der Waals surface area contributed by atoms with Crippen molar-refractivity contribution < 1.29 is 72.5 Å². The monoisotopic (exact) mass is 1140 g/mol. The molecule has 22 nitrogen and oxygen atoms in total. The second-order valence-electron chi connectivity index (χ2n) is 22.8. The molecule has 7 heterocycles. The number of aromatic hydroxyl groups is 1. The number of rotatable bonds is 8. The number of nitrogens with zero attached hydrogens (tertiary/aromatic N) is 4. The van der Waals surface area contributed by atoms with Gasteiger partial charge in [0.15, 0.2) is 5.82 Å². The first kappa shape index (κ1) is 59.3. The Kier molecular flexibility index (Phi) is 16.5. The molecular formula is C59H72FN7O15. The number of allylic oxidation sites excluding steroid dienone is 4. The molecule has 1 aromatic carbocycles. The Morgan fingerprint density at radius 1 is 0.890 bits per heavy atom. The maximum Gasteiger partial charge on any atom is 0.341 e. The van der Waals surface area contributed by atoms with Gasteiger partial charge in [-0.2, -0.15) is 0 Å². The average Bonchev–Trinajstić information content (AvgIpc) is 1.68. The fourth-order valence-electron chi connectivity index (χ4n) is 12.4. The summed E-state index contributed by atoms with van der Waals surface area (Å²) in [7, 11) is 3.33. The highest BCUT2D eigenvalue weighted by Gasteiger charge is 2.54. The number of likely N-dealkylation sites (N-methyl/N-ethyl adjacent to an activating group) is 1. The summed E-state index contributed by atoms with van der Waals surface area (Å²) in [5.41, 5.74) is 11.9. The van der Waals surface area contributed by atoms with Gasteiger partial charge in [0.05, 0.1) is 70.7 Å². The number of methoxy groups -OCH3 is 1. The number of likely N-dealkylation sites (tertiary alicyclic amines) is 1. The van der Waals surface area contributed by atoms with Crippen LogP contribution in [-0.2, 0) is 23.8 Å². The van der Waals surface area contributed by atoms with Crippen LogP contribution in [0.15, 0.2) is 64.6 Å². The number of piperidine rings is 1. The molecule has 2 aliphatic carbocycles. The number of fused-ring (bicyclic) bond motifs is 15. The number of nitrogens with two attached hydrogens (primary N) is 2. The van der Waals surface area contributed by atoms with Gasteiger partial charge in [-0.3, -0.25) is 38.1 Å². The quantitative estimate of drug-likeness (QED) is 0.158. The van der Waals surface area contributed by atoms with E-state index in [0.717, 1.165) is 36.6 Å². The van der Waals surface area contributed by atoms with Gasteiger partial charge in [0.2, 0.25) is 11.6 Å². The van der Waals surface area contributed by atoms with Crippen LogP contribution >= 0.6 is 0 Å². The summed E-state index contributed by atoms with van der Waals surface area (Å²) in [6.07, 6.45) is 5.94. The average molecular weight is 1140 g/mol. The van der Waals surface area contributed by atoms with Crippen molar-refractivity contribution in [1.29, 1.82) is 0 Å². The normalized spacial score (nSPS) is 30.1. The molecule has 23 heteroatoms. The largest absolute Gasteiger partial charge is 0.507 e. The van der Waals surface area contributed by atoms with E-state index in [2.05, 4.69) is 10.2 Å². The van der Waals surface area contributed by atoms with Crippen LogP contribution in [0.2, 0.25) is 0 Å². The van der Waals surface area contributed by atoms with Gasteiger partial charge < -0.3 is 66.0 Å². The van der Waals surface area contributed by atoms with Crippen molar-refractivity contribution in [3.63, 3.8) is 0 Å². The van der Waals surface area contributed by atoms with E-state index in [-0.39, 0.29) is 59.2 Å². The minimum Gasteiger partial charge on any atom is -0.507 e. The molecule has 0 spiro atoms. The Morgan fingerprint density at radius 3 is 2.18 bits per heavy atom. The van der Waals surface area contributed by atoms with Crippen molar-refractivity contribution in [2.45, 2.75) is 141 Å². The minimum absolute atomic E-state index is 0.0516. The van der Waals surface area contributed by atoms with Gasteiger partial charge in [0.25, 0.3) is 17.2 Å². The number of carbonyl (C=O) groups excluding carboxylic acids is 5. The van der Waals surface area contributed by atoms with Crippen molar-refractivity contribution >= 4 is 46.4 Å². The molecule has 1 saturated carbocycles. The van der Waals surface area contributed by atoms with Crippen molar-refractivity contribution in [1.82, 2.24) is 19.5 Å². The molecule has 3 aromatic rings. The van der Waals surface area contributed by atoms with Gasteiger partial charge in [-0.05, 0) is 89.1 Å². The van der Waals surface area contributed by atoms with Gasteiger partial charge >= 0.3 is 17.7 Å². The fraction of sp³-hybridized carbons (Fsp3) is 0.508. The van der Waals surface area contributed by atoms with E-state index in [1.54, 1.807) is 25.7 Å². The predicted molar refractivity (Wildman–Crippen MR) is 296 cm³/mol. The second-order valence-corrected chi connectivity index (χ2v) is 22.8. The highest BCUT2D eigenvalue weighted by molar-refractivity contribution is 6.32. The number of phenolic OH excluding ortho intramolecular Hbond substituents is 1. The highest BCUT2D eigenvalue weighted by atomic mass is 19.1. The Balaban J connectivity index is 1.03.